The molecule has 0 saturated heterocycles. The zero-order valence-corrected chi connectivity index (χ0v) is 19.9. The maximum Gasteiger partial charge on any atom is 0.326 e. The minimum Gasteiger partial charge on any atom is -0.480 e. The molecule has 12 N–H and O–H groups in total. The molecule has 0 saturated carbocycles. The topological polar surface area (TPSA) is 258 Å². The van der Waals surface area contributed by atoms with E-state index in [0.717, 1.165) is 0 Å². The molecule has 0 radical (unpaired) electrons. The van der Waals surface area contributed by atoms with E-state index in [2.05, 4.69) is 20.9 Å². The average molecular weight is 487 g/mol. The first-order valence-electron chi connectivity index (χ1n) is 11.0. The summed E-state index contributed by atoms with van der Waals surface area (Å²) in [5, 5.41) is 16.5. The van der Waals surface area contributed by atoms with Crippen molar-refractivity contribution in [3.8, 4) is 0 Å². The van der Waals surface area contributed by atoms with Crippen LogP contribution in [0.3, 0.4) is 0 Å². The van der Waals surface area contributed by atoms with Crippen LogP contribution in [-0.2, 0) is 24.0 Å². The second-order valence-corrected chi connectivity index (χ2v) is 8.38. The molecule has 0 spiro atoms. The summed E-state index contributed by atoms with van der Waals surface area (Å²) in [6.45, 7) is 5.38. The predicted molar refractivity (Wildman–Crippen MR) is 125 cm³/mol. The molecule has 0 aromatic rings. The van der Waals surface area contributed by atoms with Crippen molar-refractivity contribution < 1.29 is 29.1 Å². The molecule has 0 aliphatic carbocycles. The first-order valence-corrected chi connectivity index (χ1v) is 11.0. The molecule has 4 amide bonds. The molecule has 194 valence electrons. The Kier molecular flexibility index (Phi) is 13.9. The number of nitrogens with two attached hydrogens (primary N) is 4. The van der Waals surface area contributed by atoms with Gasteiger partial charge in [-0.1, -0.05) is 13.8 Å². The number of amides is 4. The molecule has 0 bridgehead atoms. The van der Waals surface area contributed by atoms with E-state index >= 15 is 0 Å². The van der Waals surface area contributed by atoms with E-state index in [9.17, 15) is 29.1 Å². The van der Waals surface area contributed by atoms with E-state index in [1.165, 1.54) is 6.92 Å². The highest BCUT2D eigenvalue weighted by Crippen LogP contribution is 2.06. The first kappa shape index (κ1) is 30.6. The Labute approximate surface area is 198 Å². The van der Waals surface area contributed by atoms with Gasteiger partial charge in [0.1, 0.15) is 18.1 Å². The van der Waals surface area contributed by atoms with Crippen LogP contribution in [0.2, 0.25) is 0 Å². The Hall–Kier alpha value is -3.42. The maximum absolute atomic E-state index is 12.8. The lowest BCUT2D eigenvalue weighted by Gasteiger charge is -2.24. The smallest absolute Gasteiger partial charge is 0.326 e. The number of guanidine groups is 1. The third kappa shape index (κ3) is 13.2. The van der Waals surface area contributed by atoms with Crippen LogP contribution in [0, 0.1) is 5.92 Å². The van der Waals surface area contributed by atoms with Crippen LogP contribution in [0.4, 0.5) is 0 Å². The number of nitrogens with zero attached hydrogens (tertiary/aromatic N) is 1. The Bertz CT molecular complexity index is 753. The van der Waals surface area contributed by atoms with Gasteiger partial charge in [0, 0.05) is 13.0 Å². The van der Waals surface area contributed by atoms with E-state index in [4.69, 9.17) is 22.9 Å². The van der Waals surface area contributed by atoms with Crippen molar-refractivity contribution >= 4 is 35.6 Å². The molecule has 0 aliphatic rings. The zero-order valence-electron chi connectivity index (χ0n) is 19.9. The third-order valence-electron chi connectivity index (χ3n) is 4.69. The Morgan fingerprint density at radius 1 is 0.853 bits per heavy atom. The molecule has 0 rings (SSSR count). The fraction of sp³-hybridized carbons (Fsp3) is 0.700. The van der Waals surface area contributed by atoms with Crippen molar-refractivity contribution in [2.45, 2.75) is 77.0 Å². The lowest BCUT2D eigenvalue weighted by Crippen LogP contribution is -2.56. The van der Waals surface area contributed by atoms with Gasteiger partial charge in [-0.15, -0.1) is 0 Å². The molecular weight excluding hydrogens is 448 g/mol. The van der Waals surface area contributed by atoms with E-state index < -0.39 is 53.8 Å². The van der Waals surface area contributed by atoms with Gasteiger partial charge in [-0.3, -0.25) is 24.2 Å². The van der Waals surface area contributed by atoms with Gasteiger partial charge in [0.15, 0.2) is 5.96 Å². The van der Waals surface area contributed by atoms with Crippen LogP contribution in [0.1, 0.15) is 52.9 Å². The Balaban J connectivity index is 5.19. The van der Waals surface area contributed by atoms with Crippen molar-refractivity contribution in [3.63, 3.8) is 0 Å². The van der Waals surface area contributed by atoms with Crippen LogP contribution in [0.5, 0.6) is 0 Å². The van der Waals surface area contributed by atoms with Crippen LogP contribution in [0.15, 0.2) is 4.99 Å². The first-order chi connectivity index (χ1) is 15.7. The number of carbonyl (C=O) groups excluding carboxylic acids is 4. The zero-order chi connectivity index (χ0) is 26.4. The summed E-state index contributed by atoms with van der Waals surface area (Å²) in [6.07, 6.45) is 0.486. The van der Waals surface area contributed by atoms with Crippen molar-refractivity contribution in [1.29, 1.82) is 0 Å². The van der Waals surface area contributed by atoms with Crippen molar-refractivity contribution in [3.05, 3.63) is 0 Å². The molecule has 14 heteroatoms. The lowest BCUT2D eigenvalue weighted by atomic mass is 10.0. The standard InChI is InChI=1S/C20H38N8O6/c1-10(2)9-12(21)17(31)27-13(5-4-8-25-20(23)24)18(32)26-11(3)16(30)28-14(19(33)34)6-7-15(22)29/h10-14H,4-9,21H2,1-3H3,(H2,22,29)(H,26,32)(H,27,31)(H,28,30)(H,33,34)(H4,23,24,25). The van der Waals surface area contributed by atoms with E-state index in [-0.39, 0.29) is 37.7 Å². The van der Waals surface area contributed by atoms with E-state index in [1.54, 1.807) is 0 Å². The summed E-state index contributed by atoms with van der Waals surface area (Å²) < 4.78 is 0. The Morgan fingerprint density at radius 3 is 1.94 bits per heavy atom. The number of primary amides is 1. The SMILES string of the molecule is CC(C)CC(N)C(=O)NC(CCCN=C(N)N)C(=O)NC(C)C(=O)NC(CCC(N)=O)C(=O)O. The number of carbonyl (C=O) groups is 5. The average Bonchev–Trinajstić information content (AvgIpc) is 2.71. The summed E-state index contributed by atoms with van der Waals surface area (Å²) in [4.78, 5) is 63.7. The van der Waals surface area contributed by atoms with Crippen LogP contribution in [-0.4, -0.2) is 71.4 Å². The third-order valence-corrected chi connectivity index (χ3v) is 4.69. The highest BCUT2D eigenvalue weighted by Gasteiger charge is 2.28. The highest BCUT2D eigenvalue weighted by atomic mass is 16.4. The van der Waals surface area contributed by atoms with Crippen LogP contribution < -0.4 is 38.9 Å². The highest BCUT2D eigenvalue weighted by molar-refractivity contribution is 5.94. The van der Waals surface area contributed by atoms with Gasteiger partial charge in [-0.05, 0) is 38.5 Å². The summed E-state index contributed by atoms with van der Waals surface area (Å²) in [6, 6.07) is -4.34. The number of hydrogen-bond donors (Lipinski definition) is 8. The molecule has 34 heavy (non-hydrogen) atoms. The van der Waals surface area contributed by atoms with Crippen molar-refractivity contribution in [1.82, 2.24) is 16.0 Å². The van der Waals surface area contributed by atoms with Crippen LogP contribution in [0.25, 0.3) is 0 Å². The molecule has 0 fully saturated rings. The summed E-state index contributed by atoms with van der Waals surface area (Å²) in [7, 11) is 0. The maximum atomic E-state index is 12.8. The number of carboxylic acid groups (broad SMARTS) is 1. The lowest BCUT2D eigenvalue weighted by molar-refractivity contribution is -0.142. The van der Waals surface area contributed by atoms with E-state index in [1.807, 2.05) is 13.8 Å². The number of nitrogens with one attached hydrogen (secondary N) is 3. The van der Waals surface area contributed by atoms with Gasteiger partial charge in [-0.25, -0.2) is 4.79 Å². The second-order valence-electron chi connectivity index (χ2n) is 8.38. The summed E-state index contributed by atoms with van der Waals surface area (Å²) in [5.41, 5.74) is 21.5. The number of carboxylic acids is 1. The van der Waals surface area contributed by atoms with Gasteiger partial charge in [0.25, 0.3) is 0 Å². The molecular formula is C20H38N8O6. The number of aliphatic imine (C=N–C) groups is 1. The normalized spacial score (nSPS) is 14.3. The summed E-state index contributed by atoms with van der Waals surface area (Å²) >= 11 is 0. The molecule has 0 aromatic carbocycles. The largest absolute Gasteiger partial charge is 0.480 e. The van der Waals surface area contributed by atoms with Gasteiger partial charge in [0.2, 0.25) is 23.6 Å². The number of rotatable bonds is 16. The quantitative estimate of drug-likeness (QED) is 0.0637. The van der Waals surface area contributed by atoms with Crippen molar-refractivity contribution in [2.75, 3.05) is 6.54 Å². The minimum absolute atomic E-state index is 0.112. The Morgan fingerprint density at radius 2 is 1.44 bits per heavy atom. The fourth-order valence-corrected chi connectivity index (χ4v) is 2.89. The van der Waals surface area contributed by atoms with Crippen LogP contribution >= 0.6 is 0 Å². The number of hydrogen-bond acceptors (Lipinski definition) is 7. The number of aliphatic carboxylic acids is 1. The molecule has 0 aromatic heterocycles. The fourth-order valence-electron chi connectivity index (χ4n) is 2.89. The summed E-state index contributed by atoms with van der Waals surface area (Å²) in [5.74, 6) is -3.98. The second kappa shape index (κ2) is 15.4. The molecule has 4 unspecified atom stereocenters. The van der Waals surface area contributed by atoms with Crippen molar-refractivity contribution in [2.24, 2.45) is 33.8 Å². The molecule has 14 nitrogen and oxygen atoms in total. The van der Waals surface area contributed by atoms with E-state index in [0.29, 0.717) is 12.8 Å². The van der Waals surface area contributed by atoms with Gasteiger partial charge in [0.05, 0.1) is 6.04 Å². The van der Waals surface area contributed by atoms with Gasteiger partial charge >= 0.3 is 5.97 Å². The molecule has 0 heterocycles. The molecule has 4 atom stereocenters. The van der Waals surface area contributed by atoms with Gasteiger partial charge < -0.3 is 44.0 Å². The molecule has 0 aliphatic heterocycles. The monoisotopic (exact) mass is 486 g/mol. The predicted octanol–water partition coefficient (Wildman–Crippen LogP) is -2.76. The van der Waals surface area contributed by atoms with Gasteiger partial charge in [-0.2, -0.15) is 0 Å². The minimum atomic E-state index is -1.36.